The second-order valence-corrected chi connectivity index (χ2v) is 11.0. The first-order valence-corrected chi connectivity index (χ1v) is 14.8. The van der Waals surface area contributed by atoms with Crippen molar-refractivity contribution in [1.29, 1.82) is 5.26 Å². The van der Waals surface area contributed by atoms with Crippen LogP contribution >= 0.6 is 0 Å². The number of rotatable bonds is 10. The number of nitrogens with one attached hydrogen (secondary N) is 1. The topological polar surface area (TPSA) is 99.9 Å². The van der Waals surface area contributed by atoms with Gasteiger partial charge in [-0.2, -0.15) is 5.26 Å². The number of aliphatic hydroxyl groups is 1. The van der Waals surface area contributed by atoms with Crippen LogP contribution in [0, 0.1) is 17.2 Å². The number of likely N-dealkylation sites (N-methyl/N-ethyl adjacent to an activating group) is 1. The zero-order valence-electron chi connectivity index (χ0n) is 25.5. The molecule has 1 fully saturated rings. The number of hydrogen-bond acceptors (Lipinski definition) is 6. The first-order chi connectivity index (χ1) is 20.7. The molecule has 1 aliphatic heterocycles. The van der Waals surface area contributed by atoms with Crippen LogP contribution in [0.4, 0.5) is 5.69 Å². The van der Waals surface area contributed by atoms with Crippen LogP contribution in [0.15, 0.2) is 96.3 Å². The highest BCUT2D eigenvalue weighted by Gasteiger charge is 2.42. The summed E-state index contributed by atoms with van der Waals surface area (Å²) in [5.74, 6) is -0.106. The van der Waals surface area contributed by atoms with Gasteiger partial charge in [0.05, 0.1) is 0 Å². The molecule has 0 radical (unpaired) electrons. The summed E-state index contributed by atoms with van der Waals surface area (Å²) >= 11 is 0. The Morgan fingerprint density at radius 2 is 1.42 bits per heavy atom. The summed E-state index contributed by atoms with van der Waals surface area (Å²) in [7, 11) is 3.24. The summed E-state index contributed by atoms with van der Waals surface area (Å²) in [6.07, 6.45) is 1.27. The number of anilines is 1. The molecule has 0 bridgehead atoms. The number of amides is 2. The molecule has 8 nitrogen and oxygen atoms in total. The van der Waals surface area contributed by atoms with E-state index in [0.29, 0.717) is 56.1 Å². The van der Waals surface area contributed by atoms with Crippen molar-refractivity contribution in [1.82, 2.24) is 14.7 Å². The molecule has 3 aromatic rings. The Labute approximate surface area is 254 Å². The Morgan fingerprint density at radius 3 is 1.86 bits per heavy atom. The number of benzene rings is 3. The predicted octanol–water partition coefficient (Wildman–Crippen LogP) is 5.05. The van der Waals surface area contributed by atoms with E-state index >= 15 is 0 Å². The maximum atomic E-state index is 13.1. The first-order valence-electron chi connectivity index (χ1n) is 14.8. The third-order valence-corrected chi connectivity index (χ3v) is 8.24. The number of nitriles is 1. The van der Waals surface area contributed by atoms with Gasteiger partial charge < -0.3 is 25.1 Å². The van der Waals surface area contributed by atoms with Crippen LogP contribution < -0.4 is 5.32 Å². The van der Waals surface area contributed by atoms with E-state index in [1.54, 1.807) is 43.3 Å². The van der Waals surface area contributed by atoms with Crippen molar-refractivity contribution in [3.63, 3.8) is 0 Å². The van der Waals surface area contributed by atoms with Gasteiger partial charge in [0.25, 0.3) is 11.8 Å². The van der Waals surface area contributed by atoms with Crippen molar-refractivity contribution in [2.24, 2.45) is 5.92 Å². The number of carbonyl (C=O) groups excluding carboxylic acids is 2. The molecule has 1 heterocycles. The standard InChI is InChI=1S/C35H41N5O3/c1-5-39(6-2)33(41)26-17-19-30(20-18-26)37-32(31(25-36)34(42)38(3)4)40-23-21-29(22-24-40)35(43,27-13-9-7-10-14-27)28-15-11-8-12-16-28/h7-20,29,37,43H,5-6,21-24H2,1-4H3/b32-31-. The molecule has 0 unspecified atom stereocenters. The molecule has 0 atom stereocenters. The molecule has 0 saturated carbocycles. The quantitative estimate of drug-likeness (QED) is 0.258. The number of likely N-dealkylation sites (tertiary alicyclic amines) is 1. The van der Waals surface area contributed by atoms with E-state index in [1.165, 1.54) is 4.90 Å². The molecule has 43 heavy (non-hydrogen) atoms. The average molecular weight is 580 g/mol. The number of hydrogen-bond donors (Lipinski definition) is 2. The van der Waals surface area contributed by atoms with Crippen molar-refractivity contribution >= 4 is 17.5 Å². The average Bonchev–Trinajstić information content (AvgIpc) is 3.05. The fourth-order valence-corrected chi connectivity index (χ4v) is 5.80. The minimum atomic E-state index is -1.18. The van der Waals surface area contributed by atoms with Gasteiger partial charge in [0.2, 0.25) is 0 Å². The first kappa shape index (κ1) is 31.3. The van der Waals surface area contributed by atoms with Crippen LogP contribution in [-0.2, 0) is 10.4 Å². The lowest BCUT2D eigenvalue weighted by Gasteiger charge is -2.43. The van der Waals surface area contributed by atoms with Crippen LogP contribution in [0.1, 0.15) is 48.2 Å². The molecule has 0 spiro atoms. The predicted molar refractivity (Wildman–Crippen MR) is 169 cm³/mol. The van der Waals surface area contributed by atoms with Crippen molar-refractivity contribution in [3.8, 4) is 6.07 Å². The lowest BCUT2D eigenvalue weighted by atomic mass is 9.72. The molecule has 0 aromatic heterocycles. The number of nitrogens with zero attached hydrogens (tertiary/aromatic N) is 4. The molecule has 0 aliphatic carbocycles. The van der Waals surface area contributed by atoms with Crippen molar-refractivity contribution in [3.05, 3.63) is 113 Å². The highest BCUT2D eigenvalue weighted by atomic mass is 16.3. The van der Waals surface area contributed by atoms with E-state index in [4.69, 9.17) is 0 Å². The molecule has 1 aliphatic rings. The highest BCUT2D eigenvalue weighted by molar-refractivity contribution is 5.98. The SMILES string of the molecule is CCN(CC)C(=O)c1ccc(N/C(=C(\C#N)C(=O)N(C)C)N2CCC(C(O)(c3ccccc3)c3ccccc3)CC2)cc1. The van der Waals surface area contributed by atoms with Crippen LogP contribution in [0.25, 0.3) is 0 Å². The van der Waals surface area contributed by atoms with Crippen molar-refractivity contribution in [2.75, 3.05) is 45.6 Å². The molecular formula is C35H41N5O3. The Balaban J connectivity index is 1.63. The summed E-state index contributed by atoms with van der Waals surface area (Å²) in [4.78, 5) is 31.1. The van der Waals surface area contributed by atoms with E-state index < -0.39 is 11.5 Å². The lowest BCUT2D eigenvalue weighted by molar-refractivity contribution is -0.124. The fourth-order valence-electron chi connectivity index (χ4n) is 5.80. The third kappa shape index (κ3) is 6.73. The van der Waals surface area contributed by atoms with Gasteiger partial charge in [0.1, 0.15) is 17.5 Å². The van der Waals surface area contributed by atoms with Gasteiger partial charge in [0, 0.05) is 51.5 Å². The second-order valence-electron chi connectivity index (χ2n) is 11.0. The summed E-state index contributed by atoms with van der Waals surface area (Å²) in [6, 6.07) is 28.7. The zero-order chi connectivity index (χ0) is 31.0. The summed E-state index contributed by atoms with van der Waals surface area (Å²) in [5.41, 5.74) is 1.75. The molecule has 2 N–H and O–H groups in total. The highest BCUT2D eigenvalue weighted by Crippen LogP contribution is 2.42. The fraction of sp³-hybridized carbons (Fsp3) is 0.343. The van der Waals surface area contributed by atoms with Crippen molar-refractivity contribution < 1.29 is 14.7 Å². The maximum Gasteiger partial charge on any atom is 0.267 e. The van der Waals surface area contributed by atoms with Gasteiger partial charge in [-0.3, -0.25) is 9.59 Å². The summed E-state index contributed by atoms with van der Waals surface area (Å²) in [6.45, 7) is 6.20. The lowest BCUT2D eigenvalue weighted by Crippen LogP contribution is -2.45. The Morgan fingerprint density at radius 1 is 0.907 bits per heavy atom. The van der Waals surface area contributed by atoms with Crippen LogP contribution in [0.3, 0.4) is 0 Å². The van der Waals surface area contributed by atoms with Crippen LogP contribution in [0.5, 0.6) is 0 Å². The van der Waals surface area contributed by atoms with Gasteiger partial charge in [-0.15, -0.1) is 0 Å². The summed E-state index contributed by atoms with van der Waals surface area (Å²) < 4.78 is 0. The smallest absolute Gasteiger partial charge is 0.267 e. The van der Waals surface area contributed by atoms with Crippen LogP contribution in [0.2, 0.25) is 0 Å². The Kier molecular flexibility index (Phi) is 10.2. The van der Waals surface area contributed by atoms with Gasteiger partial charge in [-0.05, 0) is 68.0 Å². The monoisotopic (exact) mass is 579 g/mol. The maximum absolute atomic E-state index is 13.1. The van der Waals surface area contributed by atoms with E-state index in [0.717, 1.165) is 11.1 Å². The number of carbonyl (C=O) groups is 2. The van der Waals surface area contributed by atoms with Gasteiger partial charge in [-0.25, -0.2) is 0 Å². The minimum Gasteiger partial charge on any atom is -0.380 e. The molecule has 4 rings (SSSR count). The van der Waals surface area contributed by atoms with Gasteiger partial charge >= 0.3 is 0 Å². The molecule has 8 heteroatoms. The summed E-state index contributed by atoms with van der Waals surface area (Å²) in [5, 5.41) is 25.8. The Hall–Kier alpha value is -4.61. The second kappa shape index (κ2) is 14.0. The molecular weight excluding hydrogens is 538 g/mol. The van der Waals surface area contributed by atoms with E-state index in [2.05, 4.69) is 11.4 Å². The molecule has 3 aromatic carbocycles. The largest absolute Gasteiger partial charge is 0.380 e. The molecule has 2 amide bonds. The van der Waals surface area contributed by atoms with E-state index in [9.17, 15) is 20.0 Å². The molecule has 224 valence electrons. The number of piperidine rings is 1. The Bertz CT molecular complexity index is 1410. The van der Waals surface area contributed by atoms with Gasteiger partial charge in [0.15, 0.2) is 5.57 Å². The van der Waals surface area contributed by atoms with Crippen molar-refractivity contribution in [2.45, 2.75) is 32.3 Å². The normalized spacial score (nSPS) is 14.4. The molecule has 1 saturated heterocycles. The van der Waals surface area contributed by atoms with E-state index in [-0.39, 0.29) is 17.4 Å². The minimum absolute atomic E-state index is 0.00752. The van der Waals surface area contributed by atoms with Crippen LogP contribution in [-0.4, -0.2) is 71.9 Å². The van der Waals surface area contributed by atoms with E-state index in [1.807, 2.05) is 79.4 Å². The zero-order valence-corrected chi connectivity index (χ0v) is 25.5. The third-order valence-electron chi connectivity index (χ3n) is 8.24. The van der Waals surface area contributed by atoms with Gasteiger partial charge in [-0.1, -0.05) is 60.7 Å².